The van der Waals surface area contributed by atoms with Gasteiger partial charge in [-0.15, -0.1) is 0 Å². The second-order valence-corrected chi connectivity index (χ2v) is 6.44. The highest BCUT2D eigenvalue weighted by Crippen LogP contribution is 2.29. The third kappa shape index (κ3) is 3.57. The molecule has 0 unspecified atom stereocenters. The van der Waals surface area contributed by atoms with Crippen LogP contribution < -0.4 is 0 Å². The zero-order valence-electron chi connectivity index (χ0n) is 12.4. The fourth-order valence-electron chi connectivity index (χ4n) is 2.62. The first-order valence-electron chi connectivity index (χ1n) is 7.26. The standard InChI is InChI=1S/C15H18BrNO6/c1-7-21-6-11-14(22-7)12(19)13(20)15(23-11)17-5-8-4-9(16)2-3-10(8)18/h2-5,7,11-15,18-20H,6H2,1H3/b17-5+/t7-,11-,12-,13-,14-,15-/m1/s1. The highest BCUT2D eigenvalue weighted by molar-refractivity contribution is 9.10. The van der Waals surface area contributed by atoms with Gasteiger partial charge in [0, 0.05) is 16.3 Å². The molecule has 23 heavy (non-hydrogen) atoms. The van der Waals surface area contributed by atoms with E-state index in [0.29, 0.717) is 5.56 Å². The van der Waals surface area contributed by atoms with Crippen molar-refractivity contribution in [2.75, 3.05) is 6.61 Å². The highest BCUT2D eigenvalue weighted by Gasteiger charge is 2.47. The predicted molar refractivity (Wildman–Crippen MR) is 84.4 cm³/mol. The van der Waals surface area contributed by atoms with E-state index in [2.05, 4.69) is 20.9 Å². The van der Waals surface area contributed by atoms with Gasteiger partial charge in [0.05, 0.1) is 6.61 Å². The van der Waals surface area contributed by atoms with Crippen molar-refractivity contribution < 1.29 is 29.5 Å². The summed E-state index contributed by atoms with van der Waals surface area (Å²) in [5.41, 5.74) is 0.469. The van der Waals surface area contributed by atoms with Gasteiger partial charge in [0.2, 0.25) is 0 Å². The predicted octanol–water partition coefficient (Wildman–Crippen LogP) is 0.782. The second-order valence-electron chi connectivity index (χ2n) is 5.53. The molecule has 0 bridgehead atoms. The van der Waals surface area contributed by atoms with Gasteiger partial charge in [-0.2, -0.15) is 0 Å². The van der Waals surface area contributed by atoms with Crippen LogP contribution in [0.4, 0.5) is 0 Å². The van der Waals surface area contributed by atoms with Crippen LogP contribution in [-0.2, 0) is 14.2 Å². The zero-order chi connectivity index (χ0) is 16.6. The van der Waals surface area contributed by atoms with Crippen LogP contribution in [0.25, 0.3) is 0 Å². The van der Waals surface area contributed by atoms with E-state index in [1.54, 1.807) is 19.1 Å². The molecule has 0 radical (unpaired) electrons. The largest absolute Gasteiger partial charge is 0.507 e. The first kappa shape index (κ1) is 16.8. The van der Waals surface area contributed by atoms with E-state index >= 15 is 0 Å². The SMILES string of the molecule is C[C@@H]1OC[C@H]2O[C@@H](/N=C/c3cc(Br)ccc3O)[C@H](O)[C@@H](O)[C@@H]2O1. The number of fused-ring (bicyclic) bond motifs is 1. The van der Waals surface area contributed by atoms with E-state index in [4.69, 9.17) is 14.2 Å². The first-order valence-corrected chi connectivity index (χ1v) is 8.05. The van der Waals surface area contributed by atoms with Gasteiger partial charge in [0.25, 0.3) is 0 Å². The summed E-state index contributed by atoms with van der Waals surface area (Å²) in [5.74, 6) is 0.0545. The lowest BCUT2D eigenvalue weighted by Crippen LogP contribution is -2.62. The zero-order valence-corrected chi connectivity index (χ0v) is 14.0. The summed E-state index contributed by atoms with van der Waals surface area (Å²) in [6.07, 6.45) is -3.55. The van der Waals surface area contributed by atoms with Crippen LogP contribution in [0.5, 0.6) is 5.75 Å². The molecule has 1 aromatic rings. The molecule has 2 heterocycles. The number of ether oxygens (including phenoxy) is 3. The van der Waals surface area contributed by atoms with Crippen molar-refractivity contribution in [2.45, 2.75) is 43.9 Å². The molecular weight excluding hydrogens is 370 g/mol. The molecule has 0 saturated carbocycles. The van der Waals surface area contributed by atoms with Crippen molar-refractivity contribution in [3.8, 4) is 5.75 Å². The average Bonchev–Trinajstić information content (AvgIpc) is 2.53. The molecule has 6 atom stereocenters. The Labute approximate surface area is 141 Å². The average molecular weight is 388 g/mol. The molecule has 2 aliphatic rings. The quantitative estimate of drug-likeness (QED) is 0.648. The molecule has 2 aliphatic heterocycles. The summed E-state index contributed by atoms with van der Waals surface area (Å²) in [6, 6.07) is 4.91. The normalized spacial score (nSPS) is 37.7. The number of aliphatic hydroxyl groups excluding tert-OH is 2. The number of aromatic hydroxyl groups is 1. The number of phenolic OH excluding ortho intramolecular Hbond substituents is 1. The highest BCUT2D eigenvalue weighted by atomic mass is 79.9. The van der Waals surface area contributed by atoms with Gasteiger partial charge in [0.15, 0.2) is 12.5 Å². The van der Waals surface area contributed by atoms with Crippen LogP contribution in [-0.4, -0.2) is 65.1 Å². The summed E-state index contributed by atoms with van der Waals surface area (Å²) < 4.78 is 17.2. The maximum atomic E-state index is 10.2. The van der Waals surface area contributed by atoms with E-state index in [1.165, 1.54) is 12.3 Å². The Morgan fingerprint density at radius 3 is 2.83 bits per heavy atom. The topological polar surface area (TPSA) is 101 Å². The maximum Gasteiger partial charge on any atom is 0.177 e. The number of phenols is 1. The third-order valence-electron chi connectivity index (χ3n) is 3.85. The fraction of sp³-hybridized carbons (Fsp3) is 0.533. The van der Waals surface area contributed by atoms with Crippen LogP contribution in [0.15, 0.2) is 27.7 Å². The molecule has 1 aromatic carbocycles. The number of aliphatic hydroxyl groups is 2. The number of rotatable bonds is 2. The first-order chi connectivity index (χ1) is 11.0. The lowest BCUT2D eigenvalue weighted by Gasteiger charge is -2.44. The summed E-state index contributed by atoms with van der Waals surface area (Å²) >= 11 is 3.31. The third-order valence-corrected chi connectivity index (χ3v) is 4.35. The lowest BCUT2D eigenvalue weighted by atomic mass is 9.97. The Balaban J connectivity index is 1.75. The minimum atomic E-state index is -1.23. The Morgan fingerprint density at radius 2 is 2.04 bits per heavy atom. The van der Waals surface area contributed by atoms with E-state index in [-0.39, 0.29) is 12.4 Å². The Hall–Kier alpha value is -1.03. The Bertz CT molecular complexity index is 595. The summed E-state index contributed by atoms with van der Waals surface area (Å²) in [4.78, 5) is 4.15. The van der Waals surface area contributed by atoms with Crippen LogP contribution in [0.1, 0.15) is 12.5 Å². The van der Waals surface area contributed by atoms with Crippen molar-refractivity contribution in [1.29, 1.82) is 0 Å². The van der Waals surface area contributed by atoms with Crippen molar-refractivity contribution in [1.82, 2.24) is 0 Å². The maximum absolute atomic E-state index is 10.2. The Kier molecular flexibility index (Phi) is 5.00. The molecule has 3 N–H and O–H groups in total. The van der Waals surface area contributed by atoms with Gasteiger partial charge in [-0.05, 0) is 25.1 Å². The van der Waals surface area contributed by atoms with Gasteiger partial charge >= 0.3 is 0 Å². The van der Waals surface area contributed by atoms with Crippen LogP contribution in [0.3, 0.4) is 0 Å². The number of hydrogen-bond donors (Lipinski definition) is 3. The minimum absolute atomic E-state index is 0.0545. The van der Waals surface area contributed by atoms with Crippen molar-refractivity contribution >= 4 is 22.1 Å². The number of benzene rings is 1. The molecule has 0 amide bonds. The summed E-state index contributed by atoms with van der Waals surface area (Å²) in [6.45, 7) is 1.97. The molecule has 2 fully saturated rings. The molecule has 2 saturated heterocycles. The summed E-state index contributed by atoms with van der Waals surface area (Å²) in [5, 5.41) is 30.2. The number of aliphatic imine (C=N–C) groups is 1. The molecule has 7 nitrogen and oxygen atoms in total. The molecule has 0 aliphatic carbocycles. The number of halogens is 1. The van der Waals surface area contributed by atoms with E-state index in [1.807, 2.05) is 0 Å². The van der Waals surface area contributed by atoms with Gasteiger partial charge in [-0.1, -0.05) is 15.9 Å². The molecule has 0 aromatic heterocycles. The molecule has 3 rings (SSSR count). The van der Waals surface area contributed by atoms with Gasteiger partial charge in [0.1, 0.15) is 30.2 Å². The number of nitrogens with zero attached hydrogens (tertiary/aromatic N) is 1. The van der Waals surface area contributed by atoms with Crippen molar-refractivity contribution in [3.63, 3.8) is 0 Å². The molecule has 0 spiro atoms. The summed E-state index contributed by atoms with van der Waals surface area (Å²) in [7, 11) is 0. The molecule has 126 valence electrons. The fourth-order valence-corrected chi connectivity index (χ4v) is 3.00. The lowest BCUT2D eigenvalue weighted by molar-refractivity contribution is -0.319. The van der Waals surface area contributed by atoms with Crippen LogP contribution in [0.2, 0.25) is 0 Å². The Morgan fingerprint density at radius 1 is 1.26 bits per heavy atom. The second kappa shape index (κ2) is 6.84. The van der Waals surface area contributed by atoms with Gasteiger partial charge < -0.3 is 29.5 Å². The molecular formula is C15H18BrNO6. The van der Waals surface area contributed by atoms with Crippen molar-refractivity contribution in [2.24, 2.45) is 4.99 Å². The van der Waals surface area contributed by atoms with E-state index in [0.717, 1.165) is 4.47 Å². The van der Waals surface area contributed by atoms with Crippen LogP contribution >= 0.6 is 15.9 Å². The van der Waals surface area contributed by atoms with E-state index in [9.17, 15) is 15.3 Å². The van der Waals surface area contributed by atoms with Crippen LogP contribution in [0, 0.1) is 0 Å². The monoisotopic (exact) mass is 387 g/mol. The van der Waals surface area contributed by atoms with Gasteiger partial charge in [-0.25, -0.2) is 0 Å². The van der Waals surface area contributed by atoms with Crippen molar-refractivity contribution in [3.05, 3.63) is 28.2 Å². The van der Waals surface area contributed by atoms with Gasteiger partial charge in [-0.3, -0.25) is 4.99 Å². The van der Waals surface area contributed by atoms with E-state index < -0.39 is 36.9 Å². The molecule has 8 heteroatoms. The smallest absolute Gasteiger partial charge is 0.177 e. The minimum Gasteiger partial charge on any atom is -0.507 e. The number of hydrogen-bond acceptors (Lipinski definition) is 7.